The quantitative estimate of drug-likeness (QED) is 0.400. The van der Waals surface area contributed by atoms with Gasteiger partial charge in [0.2, 0.25) is 0 Å². The van der Waals surface area contributed by atoms with Gasteiger partial charge in [-0.1, -0.05) is 23.8 Å². The fraction of sp³-hybridized carbons (Fsp3) is 0.235. The minimum atomic E-state index is -3.69. The molecule has 3 aromatic rings. The van der Waals surface area contributed by atoms with Crippen LogP contribution in [-0.2, 0) is 20.7 Å². The molecule has 0 unspecified atom stereocenters. The topological polar surface area (TPSA) is 72.1 Å². The minimum absolute atomic E-state index is 0.146. The van der Waals surface area contributed by atoms with Gasteiger partial charge in [0.1, 0.15) is 5.03 Å². The Morgan fingerprint density at radius 3 is 2.67 bits per heavy atom. The molecule has 1 heterocycles. The highest BCUT2D eigenvalue weighted by Crippen LogP contribution is 2.21. The lowest BCUT2D eigenvalue weighted by Gasteiger charge is -2.06. The summed E-state index contributed by atoms with van der Waals surface area (Å²) in [5.74, 6) is 0. The summed E-state index contributed by atoms with van der Waals surface area (Å²) in [6, 6.07) is 12.6. The predicted molar refractivity (Wildman–Crippen MR) is 96.0 cm³/mol. The summed E-state index contributed by atoms with van der Waals surface area (Å²) in [5.41, 5.74) is 3.03. The minimum Gasteiger partial charge on any atom is -0.277 e. The Bertz CT molecular complexity index is 948. The second-order valence-corrected chi connectivity index (χ2v) is 7.66. The summed E-state index contributed by atoms with van der Waals surface area (Å²) >= 11 is 4.30. The van der Waals surface area contributed by atoms with Crippen molar-refractivity contribution in [1.29, 1.82) is 0 Å². The molecule has 5 nitrogen and oxygen atoms in total. The molecule has 7 heteroatoms. The van der Waals surface area contributed by atoms with Crippen LogP contribution in [0.5, 0.6) is 0 Å². The van der Waals surface area contributed by atoms with Crippen molar-refractivity contribution >= 4 is 33.6 Å². The Kier molecular flexibility index (Phi) is 4.93. The predicted octanol–water partition coefficient (Wildman–Crippen LogP) is 3.50. The maximum atomic E-state index is 12.1. The molecule has 0 bridgehead atoms. The average Bonchev–Trinajstić information content (AvgIpc) is 2.93. The summed E-state index contributed by atoms with van der Waals surface area (Å²) in [5, 5.41) is 8.55. The number of fused-ring (bicyclic) bond motifs is 1. The third-order valence-corrected chi connectivity index (χ3v) is 5.43. The number of H-pyrrole nitrogens is 1. The van der Waals surface area contributed by atoms with Gasteiger partial charge in [-0.2, -0.15) is 13.5 Å². The maximum Gasteiger partial charge on any atom is 0.296 e. The standard InChI is InChI=1S/C17H18N2O3S2/c1-12-4-7-14(8-5-12)24(20,21)22-10-2-3-13-6-9-16-15(11-13)17(23)19-18-16/h4-9,11H,2-3,10H2,1H3,(H2,18,19,23). The summed E-state index contributed by atoms with van der Waals surface area (Å²) < 4.78 is 29.3. The molecule has 0 saturated carbocycles. The molecule has 0 aliphatic carbocycles. The van der Waals surface area contributed by atoms with Crippen LogP contribution in [0.25, 0.3) is 10.9 Å². The third-order valence-electron chi connectivity index (χ3n) is 3.77. The molecule has 0 spiro atoms. The lowest BCUT2D eigenvalue weighted by molar-refractivity contribution is 0.312. The largest absolute Gasteiger partial charge is 0.296 e. The van der Waals surface area contributed by atoms with Crippen molar-refractivity contribution in [2.45, 2.75) is 29.7 Å². The Morgan fingerprint density at radius 2 is 1.92 bits per heavy atom. The average molecular weight is 362 g/mol. The van der Waals surface area contributed by atoms with E-state index in [2.05, 4.69) is 22.8 Å². The number of thiol groups is 1. The van der Waals surface area contributed by atoms with Gasteiger partial charge in [-0.25, -0.2) is 0 Å². The van der Waals surface area contributed by atoms with Crippen LogP contribution in [0.1, 0.15) is 17.5 Å². The van der Waals surface area contributed by atoms with Gasteiger partial charge in [0.15, 0.2) is 0 Å². The number of aryl methyl sites for hydroxylation is 2. The zero-order valence-electron chi connectivity index (χ0n) is 13.2. The lowest BCUT2D eigenvalue weighted by atomic mass is 10.1. The van der Waals surface area contributed by atoms with E-state index in [0.717, 1.165) is 28.5 Å². The number of nitrogens with zero attached hydrogens (tertiary/aromatic N) is 1. The van der Waals surface area contributed by atoms with Crippen LogP contribution in [0.2, 0.25) is 0 Å². The van der Waals surface area contributed by atoms with Crippen molar-refractivity contribution in [3.05, 3.63) is 53.6 Å². The molecule has 126 valence electrons. The zero-order chi connectivity index (χ0) is 17.2. The zero-order valence-corrected chi connectivity index (χ0v) is 14.9. The molecule has 1 N–H and O–H groups in total. The number of aromatic nitrogens is 2. The number of nitrogens with one attached hydrogen (secondary N) is 1. The monoisotopic (exact) mass is 362 g/mol. The number of hydrogen-bond donors (Lipinski definition) is 2. The van der Waals surface area contributed by atoms with Crippen LogP contribution < -0.4 is 0 Å². The molecule has 0 amide bonds. The number of rotatable bonds is 6. The first-order valence-corrected chi connectivity index (χ1v) is 9.43. The van der Waals surface area contributed by atoms with Crippen molar-refractivity contribution in [1.82, 2.24) is 10.2 Å². The van der Waals surface area contributed by atoms with E-state index >= 15 is 0 Å². The van der Waals surface area contributed by atoms with Crippen molar-refractivity contribution in [3.8, 4) is 0 Å². The third kappa shape index (κ3) is 3.80. The van der Waals surface area contributed by atoms with E-state index < -0.39 is 10.1 Å². The first-order chi connectivity index (χ1) is 11.5. The van der Waals surface area contributed by atoms with Gasteiger partial charge >= 0.3 is 0 Å². The van der Waals surface area contributed by atoms with Crippen LogP contribution in [0.3, 0.4) is 0 Å². The van der Waals surface area contributed by atoms with E-state index in [1.54, 1.807) is 24.3 Å². The van der Waals surface area contributed by atoms with Crippen molar-refractivity contribution < 1.29 is 12.6 Å². The number of benzene rings is 2. The highest BCUT2D eigenvalue weighted by molar-refractivity contribution is 7.86. The summed E-state index contributed by atoms with van der Waals surface area (Å²) in [6.45, 7) is 2.05. The van der Waals surface area contributed by atoms with E-state index in [1.807, 2.05) is 25.1 Å². The first-order valence-electron chi connectivity index (χ1n) is 7.58. The van der Waals surface area contributed by atoms with E-state index in [-0.39, 0.29) is 11.5 Å². The Morgan fingerprint density at radius 1 is 1.17 bits per heavy atom. The summed E-state index contributed by atoms with van der Waals surface area (Å²) in [6.07, 6.45) is 1.33. The lowest BCUT2D eigenvalue weighted by Crippen LogP contribution is -2.08. The Balaban J connectivity index is 1.57. The molecule has 24 heavy (non-hydrogen) atoms. The van der Waals surface area contributed by atoms with Crippen LogP contribution in [0.15, 0.2) is 52.4 Å². The van der Waals surface area contributed by atoms with Gasteiger partial charge in [-0.3, -0.25) is 9.28 Å². The van der Waals surface area contributed by atoms with Gasteiger partial charge in [-0.15, -0.1) is 12.6 Å². The fourth-order valence-corrected chi connectivity index (χ4v) is 3.60. The normalized spacial score (nSPS) is 11.9. The van der Waals surface area contributed by atoms with Crippen molar-refractivity contribution in [2.24, 2.45) is 0 Å². The maximum absolute atomic E-state index is 12.1. The molecule has 0 fully saturated rings. The summed E-state index contributed by atoms with van der Waals surface area (Å²) in [4.78, 5) is 0.188. The van der Waals surface area contributed by atoms with E-state index in [0.29, 0.717) is 11.4 Å². The highest BCUT2D eigenvalue weighted by atomic mass is 32.2. The molecular weight excluding hydrogens is 344 g/mol. The molecule has 0 aliphatic rings. The molecular formula is C17H18N2O3S2. The van der Waals surface area contributed by atoms with Crippen LogP contribution in [-0.4, -0.2) is 25.2 Å². The van der Waals surface area contributed by atoms with Crippen LogP contribution in [0.4, 0.5) is 0 Å². The summed E-state index contributed by atoms with van der Waals surface area (Å²) in [7, 11) is -3.69. The molecule has 0 atom stereocenters. The van der Waals surface area contributed by atoms with Gasteiger partial charge in [0.25, 0.3) is 10.1 Å². The smallest absolute Gasteiger partial charge is 0.277 e. The molecule has 2 aromatic carbocycles. The van der Waals surface area contributed by atoms with Crippen molar-refractivity contribution in [3.63, 3.8) is 0 Å². The molecule has 0 saturated heterocycles. The Labute approximate surface area is 146 Å². The van der Waals surface area contributed by atoms with Gasteiger partial charge in [-0.05, 0) is 49.6 Å². The number of aromatic amines is 1. The number of hydrogen-bond acceptors (Lipinski definition) is 5. The molecule has 0 aliphatic heterocycles. The molecule has 3 rings (SSSR count). The molecule has 0 radical (unpaired) electrons. The van der Waals surface area contributed by atoms with Gasteiger partial charge < -0.3 is 0 Å². The van der Waals surface area contributed by atoms with Gasteiger partial charge in [0.05, 0.1) is 17.0 Å². The first kappa shape index (κ1) is 17.0. The van der Waals surface area contributed by atoms with Crippen LogP contribution >= 0.6 is 12.6 Å². The van der Waals surface area contributed by atoms with Crippen LogP contribution in [0, 0.1) is 6.92 Å². The van der Waals surface area contributed by atoms with Gasteiger partial charge in [0, 0.05) is 5.39 Å². The van der Waals surface area contributed by atoms with Crippen molar-refractivity contribution in [2.75, 3.05) is 6.61 Å². The Hall–Kier alpha value is -1.83. The SMILES string of the molecule is Cc1ccc(S(=O)(=O)OCCCc2ccc3[nH]nc(S)c3c2)cc1. The fourth-order valence-electron chi connectivity index (χ4n) is 2.42. The highest BCUT2D eigenvalue weighted by Gasteiger charge is 2.14. The second-order valence-electron chi connectivity index (χ2n) is 5.62. The second kappa shape index (κ2) is 6.96. The van der Waals surface area contributed by atoms with E-state index in [1.165, 1.54) is 0 Å². The van der Waals surface area contributed by atoms with E-state index in [9.17, 15) is 8.42 Å². The van der Waals surface area contributed by atoms with E-state index in [4.69, 9.17) is 4.18 Å². The molecule has 1 aromatic heterocycles.